The number of amides is 2. The monoisotopic (exact) mass is 500 g/mol. The molecule has 0 aliphatic heterocycles. The molecule has 2 N–H and O–H groups in total. The summed E-state index contributed by atoms with van der Waals surface area (Å²) in [7, 11) is 0. The molecule has 9 heteroatoms. The van der Waals surface area contributed by atoms with Crippen molar-refractivity contribution in [3.05, 3.63) is 50.9 Å². The van der Waals surface area contributed by atoms with Gasteiger partial charge in [0, 0.05) is 10.4 Å². The van der Waals surface area contributed by atoms with Gasteiger partial charge in [-0.15, -0.1) is 11.3 Å². The summed E-state index contributed by atoms with van der Waals surface area (Å²) in [4.78, 5) is 51.1. The first-order chi connectivity index (χ1) is 16.6. The van der Waals surface area contributed by atoms with Gasteiger partial charge < -0.3 is 20.1 Å². The normalized spacial score (nSPS) is 15.5. The van der Waals surface area contributed by atoms with Gasteiger partial charge in [-0.2, -0.15) is 0 Å². The Labute approximate surface area is 209 Å². The van der Waals surface area contributed by atoms with Crippen LogP contribution in [0.1, 0.15) is 69.5 Å². The van der Waals surface area contributed by atoms with E-state index in [9.17, 15) is 19.2 Å². The van der Waals surface area contributed by atoms with E-state index in [-0.39, 0.29) is 13.2 Å². The number of benzene rings is 1. The maximum Gasteiger partial charge on any atom is 0.341 e. The molecule has 1 aliphatic carbocycles. The summed E-state index contributed by atoms with van der Waals surface area (Å²) in [5.41, 5.74) is 3.65. The number of aryl methyl sites for hydroxylation is 2. The summed E-state index contributed by atoms with van der Waals surface area (Å²) in [6.45, 7) is 8.96. The van der Waals surface area contributed by atoms with E-state index in [1.54, 1.807) is 19.1 Å². The van der Waals surface area contributed by atoms with Crippen molar-refractivity contribution in [2.24, 2.45) is 5.92 Å². The zero-order valence-electron chi connectivity index (χ0n) is 20.8. The number of fused-ring (bicyclic) bond motifs is 1. The van der Waals surface area contributed by atoms with Crippen molar-refractivity contribution in [3.8, 4) is 0 Å². The first-order valence-electron chi connectivity index (χ1n) is 11.8. The number of ether oxygens (including phenoxy) is 2. The van der Waals surface area contributed by atoms with E-state index >= 15 is 0 Å². The quantitative estimate of drug-likeness (QED) is 0.531. The van der Waals surface area contributed by atoms with Crippen LogP contribution in [0.4, 0.5) is 5.00 Å². The molecule has 2 amide bonds. The van der Waals surface area contributed by atoms with Gasteiger partial charge in [0.05, 0.1) is 12.2 Å². The van der Waals surface area contributed by atoms with Crippen LogP contribution >= 0.6 is 11.3 Å². The van der Waals surface area contributed by atoms with Gasteiger partial charge in [0.1, 0.15) is 11.5 Å². The first-order valence-corrected chi connectivity index (χ1v) is 12.6. The highest BCUT2D eigenvalue weighted by Crippen LogP contribution is 2.40. The lowest BCUT2D eigenvalue weighted by Gasteiger charge is -2.18. The summed E-state index contributed by atoms with van der Waals surface area (Å²) >= 11 is 1.37. The Bertz CT molecular complexity index is 1120. The van der Waals surface area contributed by atoms with Crippen molar-refractivity contribution in [2.45, 2.75) is 60.0 Å². The smallest absolute Gasteiger partial charge is 0.341 e. The molecular formula is C26H32N2O6S. The van der Waals surface area contributed by atoms with Crippen LogP contribution in [-0.2, 0) is 31.9 Å². The molecule has 0 spiro atoms. The second-order valence-electron chi connectivity index (χ2n) is 8.96. The molecule has 8 nitrogen and oxygen atoms in total. The number of hydrogen-bond donors (Lipinski definition) is 2. The molecular weight excluding hydrogens is 468 g/mol. The van der Waals surface area contributed by atoms with Crippen LogP contribution in [0.5, 0.6) is 0 Å². The van der Waals surface area contributed by atoms with Gasteiger partial charge >= 0.3 is 11.9 Å². The van der Waals surface area contributed by atoms with Gasteiger partial charge in [-0.3, -0.25) is 14.4 Å². The molecule has 0 bridgehead atoms. The van der Waals surface area contributed by atoms with Crippen LogP contribution in [0.3, 0.4) is 0 Å². The molecule has 35 heavy (non-hydrogen) atoms. The van der Waals surface area contributed by atoms with Crippen LogP contribution in [0, 0.1) is 19.8 Å². The second kappa shape index (κ2) is 11.5. The molecule has 1 aromatic heterocycles. The molecule has 0 unspecified atom stereocenters. The summed E-state index contributed by atoms with van der Waals surface area (Å²) in [5, 5.41) is 5.68. The topological polar surface area (TPSA) is 111 Å². The number of nitrogens with one attached hydrogen (secondary N) is 2. The minimum absolute atomic E-state index is 0.231. The molecule has 1 aliphatic rings. The zero-order valence-corrected chi connectivity index (χ0v) is 21.6. The van der Waals surface area contributed by atoms with E-state index in [4.69, 9.17) is 9.47 Å². The average Bonchev–Trinajstić information content (AvgIpc) is 3.13. The number of carbonyl (C=O) groups excluding carboxylic acids is 4. The highest BCUT2D eigenvalue weighted by molar-refractivity contribution is 7.17. The summed E-state index contributed by atoms with van der Waals surface area (Å²) < 4.78 is 10.4. The van der Waals surface area contributed by atoms with Gasteiger partial charge in [-0.25, -0.2) is 4.79 Å². The van der Waals surface area contributed by atoms with Crippen LogP contribution in [0.25, 0.3) is 0 Å². The fourth-order valence-electron chi connectivity index (χ4n) is 4.12. The lowest BCUT2D eigenvalue weighted by molar-refractivity contribution is -0.152. The lowest BCUT2D eigenvalue weighted by atomic mass is 9.88. The van der Waals surface area contributed by atoms with Crippen molar-refractivity contribution in [1.29, 1.82) is 0 Å². The Morgan fingerprint density at radius 2 is 1.83 bits per heavy atom. The summed E-state index contributed by atoms with van der Waals surface area (Å²) in [6.07, 6.45) is 1.44. The van der Waals surface area contributed by atoms with E-state index < -0.39 is 29.9 Å². The number of thiophene rings is 1. The maximum absolute atomic E-state index is 12.8. The number of carbonyl (C=O) groups is 4. The van der Waals surface area contributed by atoms with Gasteiger partial charge in [0.25, 0.3) is 11.8 Å². The third-order valence-electron chi connectivity index (χ3n) is 5.78. The Morgan fingerprint density at radius 3 is 2.49 bits per heavy atom. The molecule has 0 saturated carbocycles. The SMILES string of the molecule is CCOC(=O)c1c(NC(=O)[C@@H](C)OC(=O)CNC(=O)c2cc(C)cc(C)c2)sc2c1CC[C@H](C)C2. The number of esters is 2. The highest BCUT2D eigenvalue weighted by atomic mass is 32.1. The van der Waals surface area contributed by atoms with E-state index in [2.05, 4.69) is 17.6 Å². The number of rotatable bonds is 8. The second-order valence-corrected chi connectivity index (χ2v) is 10.1. The Kier molecular flexibility index (Phi) is 8.67. The standard InChI is InChI=1S/C26H32N2O6S/c1-6-33-26(32)22-19-8-7-14(2)12-20(19)35-25(22)28-23(30)17(5)34-21(29)13-27-24(31)18-10-15(3)9-16(4)11-18/h9-11,14,17H,6-8,12-13H2,1-5H3,(H,27,31)(H,28,30)/t14-,17+/m0/s1. The van der Waals surface area contributed by atoms with Gasteiger partial charge in [-0.05, 0) is 70.6 Å². The van der Waals surface area contributed by atoms with E-state index in [0.29, 0.717) is 22.0 Å². The van der Waals surface area contributed by atoms with Crippen molar-refractivity contribution in [3.63, 3.8) is 0 Å². The minimum Gasteiger partial charge on any atom is -0.462 e. The van der Waals surface area contributed by atoms with Gasteiger partial charge in [0.15, 0.2) is 6.10 Å². The molecule has 2 atom stereocenters. The van der Waals surface area contributed by atoms with Crippen molar-refractivity contribution < 1.29 is 28.7 Å². The predicted octanol–water partition coefficient (Wildman–Crippen LogP) is 3.97. The van der Waals surface area contributed by atoms with E-state index in [1.807, 2.05) is 19.9 Å². The van der Waals surface area contributed by atoms with Crippen molar-refractivity contribution >= 4 is 40.1 Å². The van der Waals surface area contributed by atoms with Gasteiger partial charge in [-0.1, -0.05) is 24.1 Å². The van der Waals surface area contributed by atoms with E-state index in [0.717, 1.165) is 40.8 Å². The van der Waals surface area contributed by atoms with Crippen molar-refractivity contribution in [2.75, 3.05) is 18.5 Å². The molecule has 1 heterocycles. The first kappa shape index (κ1) is 26.4. The summed E-state index contributed by atoms with van der Waals surface area (Å²) in [5.74, 6) is -1.66. The maximum atomic E-state index is 12.8. The highest BCUT2D eigenvalue weighted by Gasteiger charge is 2.30. The lowest BCUT2D eigenvalue weighted by Crippen LogP contribution is -2.36. The zero-order chi connectivity index (χ0) is 25.7. The third-order valence-corrected chi connectivity index (χ3v) is 6.95. The molecule has 0 fully saturated rings. The minimum atomic E-state index is -1.12. The Morgan fingerprint density at radius 1 is 1.14 bits per heavy atom. The molecule has 1 aromatic carbocycles. The number of anilines is 1. The molecule has 0 saturated heterocycles. The molecule has 3 rings (SSSR count). The van der Waals surface area contributed by atoms with Crippen LogP contribution in [0.2, 0.25) is 0 Å². The Balaban J connectivity index is 1.61. The van der Waals surface area contributed by atoms with Crippen LogP contribution < -0.4 is 10.6 Å². The average molecular weight is 501 g/mol. The third kappa shape index (κ3) is 6.69. The number of hydrogen-bond acceptors (Lipinski definition) is 7. The largest absolute Gasteiger partial charge is 0.462 e. The fourth-order valence-corrected chi connectivity index (χ4v) is 5.53. The summed E-state index contributed by atoms with van der Waals surface area (Å²) in [6, 6.07) is 5.40. The van der Waals surface area contributed by atoms with E-state index in [1.165, 1.54) is 18.3 Å². The Hall–Kier alpha value is -3.20. The molecule has 2 aromatic rings. The molecule has 188 valence electrons. The van der Waals surface area contributed by atoms with Crippen LogP contribution in [-0.4, -0.2) is 43.0 Å². The fraction of sp³-hybridized carbons (Fsp3) is 0.462. The van der Waals surface area contributed by atoms with Crippen LogP contribution in [0.15, 0.2) is 18.2 Å². The van der Waals surface area contributed by atoms with Gasteiger partial charge in [0.2, 0.25) is 0 Å². The molecule has 0 radical (unpaired) electrons. The predicted molar refractivity (Wildman–Crippen MR) is 134 cm³/mol. The van der Waals surface area contributed by atoms with Crippen molar-refractivity contribution in [1.82, 2.24) is 5.32 Å².